The van der Waals surface area contributed by atoms with Crippen molar-refractivity contribution >= 4 is 12.2 Å². The molecule has 1 fully saturated rings. The summed E-state index contributed by atoms with van der Waals surface area (Å²) in [5.74, 6) is 0. The van der Waals surface area contributed by atoms with Gasteiger partial charge in [0.1, 0.15) is 11.2 Å². The molecule has 7 nitrogen and oxygen atoms in total. The SMILES string of the molecule is Cc1nn(C(=O)OC(C)(C)C)c(C)c1-c1ccc(C2CCCN2C(=O)OC(C)(C)C)cc1. The predicted molar refractivity (Wildman–Crippen MR) is 124 cm³/mol. The Kier molecular flexibility index (Phi) is 6.40. The topological polar surface area (TPSA) is 73.7 Å². The van der Waals surface area contributed by atoms with E-state index in [1.54, 1.807) is 0 Å². The molecule has 0 N–H and O–H groups in total. The van der Waals surface area contributed by atoms with Crippen LogP contribution in [0.25, 0.3) is 11.1 Å². The first-order chi connectivity index (χ1) is 14.8. The fourth-order valence-corrected chi connectivity index (χ4v) is 4.07. The Hall–Kier alpha value is -2.83. The first-order valence-corrected chi connectivity index (χ1v) is 11.2. The van der Waals surface area contributed by atoms with E-state index in [-0.39, 0.29) is 12.1 Å². The van der Waals surface area contributed by atoms with Gasteiger partial charge in [0.15, 0.2) is 0 Å². The van der Waals surface area contributed by atoms with Crippen molar-refractivity contribution in [3.8, 4) is 11.1 Å². The molecule has 1 aliphatic rings. The van der Waals surface area contributed by atoms with Crippen molar-refractivity contribution in [3.05, 3.63) is 41.2 Å². The number of rotatable bonds is 2. The zero-order valence-corrected chi connectivity index (χ0v) is 20.5. The van der Waals surface area contributed by atoms with Crippen LogP contribution < -0.4 is 0 Å². The summed E-state index contributed by atoms with van der Waals surface area (Å²) in [5.41, 5.74) is 3.35. The number of hydrogen-bond acceptors (Lipinski definition) is 5. The van der Waals surface area contributed by atoms with E-state index in [9.17, 15) is 9.59 Å². The van der Waals surface area contributed by atoms with Gasteiger partial charge in [-0.2, -0.15) is 9.78 Å². The van der Waals surface area contributed by atoms with Crippen LogP contribution in [0.3, 0.4) is 0 Å². The van der Waals surface area contributed by atoms with Crippen LogP contribution in [-0.4, -0.2) is 44.6 Å². The highest BCUT2D eigenvalue weighted by molar-refractivity contribution is 5.77. The van der Waals surface area contributed by atoms with Crippen LogP contribution in [-0.2, 0) is 9.47 Å². The van der Waals surface area contributed by atoms with Gasteiger partial charge in [-0.25, -0.2) is 9.59 Å². The average Bonchev–Trinajstić information content (AvgIpc) is 3.24. The van der Waals surface area contributed by atoms with Gasteiger partial charge in [-0.05, 0) is 79.4 Å². The van der Waals surface area contributed by atoms with Gasteiger partial charge in [0.25, 0.3) is 0 Å². The molecule has 3 rings (SSSR count). The van der Waals surface area contributed by atoms with E-state index < -0.39 is 17.3 Å². The normalized spacial score (nSPS) is 16.9. The van der Waals surface area contributed by atoms with Gasteiger partial charge in [-0.1, -0.05) is 24.3 Å². The summed E-state index contributed by atoms with van der Waals surface area (Å²) in [6.45, 7) is 15.6. The van der Waals surface area contributed by atoms with Gasteiger partial charge in [-0.15, -0.1) is 0 Å². The average molecular weight is 442 g/mol. The molecule has 0 spiro atoms. The van der Waals surface area contributed by atoms with Gasteiger partial charge >= 0.3 is 12.2 Å². The van der Waals surface area contributed by atoms with Crippen molar-refractivity contribution in [1.29, 1.82) is 0 Å². The van der Waals surface area contributed by atoms with Gasteiger partial charge in [0, 0.05) is 12.1 Å². The Balaban J connectivity index is 1.83. The van der Waals surface area contributed by atoms with E-state index in [2.05, 4.69) is 5.10 Å². The number of nitrogens with zero attached hydrogens (tertiary/aromatic N) is 3. The highest BCUT2D eigenvalue weighted by atomic mass is 16.6. The maximum Gasteiger partial charge on any atom is 0.435 e. The summed E-state index contributed by atoms with van der Waals surface area (Å²) in [7, 11) is 0. The molecule has 174 valence electrons. The molecule has 0 bridgehead atoms. The second-order valence-corrected chi connectivity index (χ2v) is 10.4. The van der Waals surface area contributed by atoms with E-state index in [4.69, 9.17) is 9.47 Å². The van der Waals surface area contributed by atoms with Crippen LogP contribution in [0.1, 0.15) is 77.4 Å². The standard InChI is InChI=1S/C25H35N3O4/c1-16-21(17(2)28(26-16)23(30)32-25(6,7)8)19-13-11-18(12-14-19)20-10-9-15-27(20)22(29)31-24(3,4)5/h11-14,20H,9-10,15H2,1-8H3. The minimum absolute atomic E-state index is 0.00517. The molecule has 7 heteroatoms. The van der Waals surface area contributed by atoms with Gasteiger partial charge in [0.05, 0.1) is 17.4 Å². The summed E-state index contributed by atoms with van der Waals surface area (Å²) in [4.78, 5) is 27.0. The van der Waals surface area contributed by atoms with Crippen molar-refractivity contribution in [2.24, 2.45) is 0 Å². The van der Waals surface area contributed by atoms with E-state index >= 15 is 0 Å². The van der Waals surface area contributed by atoms with E-state index in [0.717, 1.165) is 40.9 Å². The number of amides is 1. The van der Waals surface area contributed by atoms with Crippen molar-refractivity contribution < 1.29 is 19.1 Å². The molecule has 2 heterocycles. The summed E-state index contributed by atoms with van der Waals surface area (Å²) >= 11 is 0. The molecule has 2 aromatic rings. The smallest absolute Gasteiger partial charge is 0.435 e. The second kappa shape index (κ2) is 8.60. The molecular weight excluding hydrogens is 406 g/mol. The first-order valence-electron chi connectivity index (χ1n) is 11.2. The lowest BCUT2D eigenvalue weighted by Crippen LogP contribution is -2.36. The van der Waals surface area contributed by atoms with Crippen LogP contribution >= 0.6 is 0 Å². The third-order valence-electron chi connectivity index (χ3n) is 5.32. The summed E-state index contributed by atoms with van der Waals surface area (Å²) in [6.07, 6.45) is 1.11. The highest BCUT2D eigenvalue weighted by Gasteiger charge is 2.33. The molecule has 1 amide bonds. The summed E-state index contributed by atoms with van der Waals surface area (Å²) in [5, 5.41) is 4.41. The fraction of sp³-hybridized carbons (Fsp3) is 0.560. The molecule has 0 radical (unpaired) electrons. The van der Waals surface area contributed by atoms with Crippen LogP contribution in [0.2, 0.25) is 0 Å². The van der Waals surface area contributed by atoms with Crippen molar-refractivity contribution in [2.45, 2.75) is 85.5 Å². The second-order valence-electron chi connectivity index (χ2n) is 10.4. The Morgan fingerprint density at radius 1 is 0.938 bits per heavy atom. The molecule has 1 unspecified atom stereocenters. The van der Waals surface area contributed by atoms with Crippen LogP contribution in [0.5, 0.6) is 0 Å². The minimum Gasteiger partial charge on any atom is -0.444 e. The first kappa shape index (κ1) is 23.8. The Labute approximate surface area is 190 Å². The van der Waals surface area contributed by atoms with E-state index in [1.165, 1.54) is 4.68 Å². The summed E-state index contributed by atoms with van der Waals surface area (Å²) < 4.78 is 12.4. The van der Waals surface area contributed by atoms with Crippen LogP contribution in [0.15, 0.2) is 24.3 Å². The molecule has 1 aromatic carbocycles. The molecule has 0 aliphatic carbocycles. The molecule has 1 atom stereocenters. The Morgan fingerprint density at radius 2 is 1.50 bits per heavy atom. The van der Waals surface area contributed by atoms with Crippen LogP contribution in [0.4, 0.5) is 9.59 Å². The number of aromatic nitrogens is 2. The Morgan fingerprint density at radius 3 is 2.06 bits per heavy atom. The molecular formula is C25H35N3O4. The maximum atomic E-state index is 12.6. The number of likely N-dealkylation sites (tertiary alicyclic amines) is 1. The summed E-state index contributed by atoms with van der Waals surface area (Å²) in [6, 6.07) is 8.15. The van der Waals surface area contributed by atoms with Gasteiger partial charge < -0.3 is 14.4 Å². The minimum atomic E-state index is -0.591. The van der Waals surface area contributed by atoms with Crippen molar-refractivity contribution in [2.75, 3.05) is 6.54 Å². The third-order valence-corrected chi connectivity index (χ3v) is 5.32. The zero-order chi connectivity index (χ0) is 23.8. The Bertz CT molecular complexity index is 994. The lowest BCUT2D eigenvalue weighted by atomic mass is 9.98. The van der Waals surface area contributed by atoms with Crippen LogP contribution in [0, 0.1) is 13.8 Å². The lowest BCUT2D eigenvalue weighted by Gasteiger charge is -2.29. The molecule has 32 heavy (non-hydrogen) atoms. The van der Waals surface area contributed by atoms with Crippen molar-refractivity contribution in [1.82, 2.24) is 14.7 Å². The molecule has 1 aliphatic heterocycles. The van der Waals surface area contributed by atoms with E-state index in [1.807, 2.05) is 84.6 Å². The lowest BCUT2D eigenvalue weighted by molar-refractivity contribution is 0.0224. The van der Waals surface area contributed by atoms with Crippen molar-refractivity contribution in [3.63, 3.8) is 0 Å². The van der Waals surface area contributed by atoms with Gasteiger partial charge in [0.2, 0.25) is 0 Å². The van der Waals surface area contributed by atoms with Gasteiger partial charge in [-0.3, -0.25) is 0 Å². The number of ether oxygens (including phenoxy) is 2. The quantitative estimate of drug-likeness (QED) is 0.569. The zero-order valence-electron chi connectivity index (χ0n) is 20.5. The number of carbonyl (C=O) groups is 2. The molecule has 0 saturated carbocycles. The number of aryl methyl sites for hydroxylation is 1. The van der Waals surface area contributed by atoms with E-state index in [0.29, 0.717) is 6.54 Å². The highest BCUT2D eigenvalue weighted by Crippen LogP contribution is 2.35. The molecule has 1 saturated heterocycles. The largest absolute Gasteiger partial charge is 0.444 e. The fourth-order valence-electron chi connectivity index (χ4n) is 4.07. The monoisotopic (exact) mass is 441 g/mol. The number of hydrogen-bond donors (Lipinski definition) is 0. The predicted octanol–water partition coefficient (Wildman–Crippen LogP) is 6.02. The number of carbonyl (C=O) groups excluding carboxylic acids is 2. The third kappa shape index (κ3) is 5.31. The maximum absolute atomic E-state index is 12.6. The number of benzene rings is 1. The molecule has 1 aromatic heterocycles.